The Bertz CT molecular complexity index is 609. The molecular weight excluding hydrogens is 285 g/mol. The second-order valence-corrected chi connectivity index (χ2v) is 4.96. The maximum absolute atomic E-state index is 12.9. The van der Waals surface area contributed by atoms with Crippen LogP contribution in [0.5, 0.6) is 0 Å². The van der Waals surface area contributed by atoms with E-state index in [9.17, 15) is 13.2 Å². The normalized spacial score (nSPS) is 12.0. The van der Waals surface area contributed by atoms with Crippen molar-refractivity contribution in [2.45, 2.75) is 32.5 Å². The number of rotatable bonds is 4. The molecule has 114 valence electrons. The molecule has 0 aliphatic heterocycles. The van der Waals surface area contributed by atoms with Gasteiger partial charge in [0.25, 0.3) is 0 Å². The molecule has 2 aromatic heterocycles. The minimum Gasteiger partial charge on any atom is -0.364 e. The fourth-order valence-electron chi connectivity index (χ4n) is 2.00. The first-order chi connectivity index (χ1) is 9.80. The average molecular weight is 300 g/mol. The van der Waals surface area contributed by atoms with Crippen LogP contribution in [0.1, 0.15) is 36.7 Å². The van der Waals surface area contributed by atoms with Crippen molar-refractivity contribution in [2.75, 3.05) is 11.9 Å². The van der Waals surface area contributed by atoms with E-state index in [1.165, 1.54) is 24.4 Å². The molecule has 0 fully saturated rings. The molecule has 0 unspecified atom stereocenters. The molecule has 0 radical (unpaired) electrons. The SMILES string of the molecule is CC(C)c1nocc1CN(C)c1nccnc1C(F)(F)F. The Labute approximate surface area is 119 Å². The average Bonchev–Trinajstić information content (AvgIpc) is 2.86. The van der Waals surface area contributed by atoms with E-state index < -0.39 is 11.9 Å². The van der Waals surface area contributed by atoms with Gasteiger partial charge in [-0.2, -0.15) is 13.2 Å². The molecule has 0 aliphatic rings. The predicted octanol–water partition coefficient (Wildman–Crippen LogP) is 3.24. The van der Waals surface area contributed by atoms with Crippen LogP contribution in [0.15, 0.2) is 23.2 Å². The van der Waals surface area contributed by atoms with Gasteiger partial charge in [-0.1, -0.05) is 19.0 Å². The van der Waals surface area contributed by atoms with Gasteiger partial charge in [0.2, 0.25) is 0 Å². The topological polar surface area (TPSA) is 55.1 Å². The number of alkyl halides is 3. The van der Waals surface area contributed by atoms with Crippen molar-refractivity contribution in [1.29, 1.82) is 0 Å². The number of nitrogens with zero attached hydrogens (tertiary/aromatic N) is 4. The first-order valence-electron chi connectivity index (χ1n) is 6.33. The molecule has 0 bridgehead atoms. The molecule has 0 amide bonds. The summed E-state index contributed by atoms with van der Waals surface area (Å²) in [6.45, 7) is 4.08. The predicted molar refractivity (Wildman–Crippen MR) is 69.7 cm³/mol. The quantitative estimate of drug-likeness (QED) is 0.867. The molecule has 21 heavy (non-hydrogen) atoms. The summed E-state index contributed by atoms with van der Waals surface area (Å²) in [6.07, 6.45) is -0.847. The molecule has 8 heteroatoms. The van der Waals surface area contributed by atoms with Gasteiger partial charge >= 0.3 is 6.18 Å². The third-order valence-electron chi connectivity index (χ3n) is 2.94. The molecule has 0 N–H and O–H groups in total. The van der Waals surface area contributed by atoms with Crippen LogP contribution in [0.4, 0.5) is 19.0 Å². The Morgan fingerprint density at radius 3 is 2.52 bits per heavy atom. The second kappa shape index (κ2) is 5.71. The molecular formula is C13H15F3N4O. The monoisotopic (exact) mass is 300 g/mol. The van der Waals surface area contributed by atoms with Crippen molar-refractivity contribution in [2.24, 2.45) is 0 Å². The highest BCUT2D eigenvalue weighted by Crippen LogP contribution is 2.33. The van der Waals surface area contributed by atoms with Gasteiger partial charge in [-0.15, -0.1) is 0 Å². The molecule has 0 aliphatic carbocycles. The van der Waals surface area contributed by atoms with E-state index in [-0.39, 0.29) is 18.3 Å². The van der Waals surface area contributed by atoms with E-state index in [0.29, 0.717) is 0 Å². The Morgan fingerprint density at radius 1 is 1.24 bits per heavy atom. The molecule has 0 saturated heterocycles. The highest BCUT2D eigenvalue weighted by molar-refractivity contribution is 5.44. The van der Waals surface area contributed by atoms with E-state index in [4.69, 9.17) is 4.52 Å². The van der Waals surface area contributed by atoms with Gasteiger partial charge in [0.15, 0.2) is 11.5 Å². The van der Waals surface area contributed by atoms with Crippen molar-refractivity contribution in [3.63, 3.8) is 0 Å². The van der Waals surface area contributed by atoms with Crippen LogP contribution in [-0.4, -0.2) is 22.2 Å². The minimum atomic E-state index is -4.55. The molecule has 0 atom stereocenters. The van der Waals surface area contributed by atoms with Crippen LogP contribution in [0, 0.1) is 0 Å². The zero-order valence-corrected chi connectivity index (χ0v) is 11.8. The van der Waals surface area contributed by atoms with Crippen LogP contribution < -0.4 is 4.90 Å². The van der Waals surface area contributed by atoms with Crippen LogP contribution in [0.25, 0.3) is 0 Å². The molecule has 2 aromatic rings. The van der Waals surface area contributed by atoms with Gasteiger partial charge in [-0.3, -0.25) is 0 Å². The van der Waals surface area contributed by atoms with Crippen LogP contribution in [-0.2, 0) is 12.7 Å². The van der Waals surface area contributed by atoms with Gasteiger partial charge in [0.1, 0.15) is 6.26 Å². The number of hydrogen-bond donors (Lipinski definition) is 0. The number of aromatic nitrogens is 3. The summed E-state index contributed by atoms with van der Waals surface area (Å²) in [5.74, 6) is -0.1000. The van der Waals surface area contributed by atoms with Crippen molar-refractivity contribution in [3.8, 4) is 0 Å². The van der Waals surface area contributed by atoms with Crippen LogP contribution >= 0.6 is 0 Å². The van der Waals surface area contributed by atoms with Gasteiger partial charge in [0.05, 0.1) is 5.69 Å². The van der Waals surface area contributed by atoms with E-state index in [2.05, 4.69) is 15.1 Å². The molecule has 2 rings (SSSR count). The summed E-state index contributed by atoms with van der Waals surface area (Å²) in [5, 5.41) is 3.87. The number of anilines is 1. The summed E-state index contributed by atoms with van der Waals surface area (Å²) in [5.41, 5.74) is 0.445. The summed E-state index contributed by atoms with van der Waals surface area (Å²) >= 11 is 0. The van der Waals surface area contributed by atoms with E-state index in [1.807, 2.05) is 13.8 Å². The summed E-state index contributed by atoms with van der Waals surface area (Å²) < 4.78 is 43.7. The lowest BCUT2D eigenvalue weighted by Crippen LogP contribution is -2.23. The number of halogens is 3. The maximum Gasteiger partial charge on any atom is 0.437 e. The van der Waals surface area contributed by atoms with Crippen molar-refractivity contribution in [1.82, 2.24) is 15.1 Å². The van der Waals surface area contributed by atoms with Crippen molar-refractivity contribution in [3.05, 3.63) is 35.6 Å². The number of hydrogen-bond acceptors (Lipinski definition) is 5. The summed E-state index contributed by atoms with van der Waals surface area (Å²) in [7, 11) is 1.52. The van der Waals surface area contributed by atoms with Gasteiger partial charge in [0, 0.05) is 31.5 Å². The first-order valence-corrected chi connectivity index (χ1v) is 6.33. The van der Waals surface area contributed by atoms with Crippen molar-refractivity contribution >= 4 is 5.82 Å². The van der Waals surface area contributed by atoms with Crippen LogP contribution in [0.2, 0.25) is 0 Å². The Hall–Kier alpha value is -2.12. The fraction of sp³-hybridized carbons (Fsp3) is 0.462. The largest absolute Gasteiger partial charge is 0.437 e. The van der Waals surface area contributed by atoms with E-state index >= 15 is 0 Å². The molecule has 0 spiro atoms. The van der Waals surface area contributed by atoms with Gasteiger partial charge in [-0.05, 0) is 5.92 Å². The molecule has 0 saturated carbocycles. The Balaban J connectivity index is 2.29. The third-order valence-corrected chi connectivity index (χ3v) is 2.94. The lowest BCUT2D eigenvalue weighted by atomic mass is 10.1. The molecule has 5 nitrogen and oxygen atoms in total. The minimum absolute atomic E-state index is 0.121. The van der Waals surface area contributed by atoms with Gasteiger partial charge in [-0.25, -0.2) is 9.97 Å². The molecule has 2 heterocycles. The summed E-state index contributed by atoms with van der Waals surface area (Å²) in [4.78, 5) is 8.57. The van der Waals surface area contributed by atoms with E-state index in [0.717, 1.165) is 17.5 Å². The Kier molecular flexibility index (Phi) is 4.15. The fourth-order valence-corrected chi connectivity index (χ4v) is 2.00. The zero-order valence-electron chi connectivity index (χ0n) is 11.8. The molecule has 0 aromatic carbocycles. The zero-order chi connectivity index (χ0) is 15.6. The highest BCUT2D eigenvalue weighted by Gasteiger charge is 2.37. The lowest BCUT2D eigenvalue weighted by Gasteiger charge is -2.21. The van der Waals surface area contributed by atoms with Gasteiger partial charge < -0.3 is 9.42 Å². The first kappa shape index (κ1) is 15.3. The second-order valence-electron chi connectivity index (χ2n) is 4.96. The van der Waals surface area contributed by atoms with Crippen molar-refractivity contribution < 1.29 is 17.7 Å². The smallest absolute Gasteiger partial charge is 0.364 e. The van der Waals surface area contributed by atoms with E-state index in [1.54, 1.807) is 0 Å². The Morgan fingerprint density at radius 2 is 1.90 bits per heavy atom. The maximum atomic E-state index is 12.9. The van der Waals surface area contributed by atoms with Crippen LogP contribution in [0.3, 0.4) is 0 Å². The highest BCUT2D eigenvalue weighted by atomic mass is 19.4. The lowest BCUT2D eigenvalue weighted by molar-refractivity contribution is -0.140. The third kappa shape index (κ3) is 3.32. The standard InChI is InChI=1S/C13H15F3N4O/c1-8(2)10-9(7-21-19-10)6-20(3)12-11(13(14,15)16)17-4-5-18-12/h4-5,7-8H,6H2,1-3H3. The summed E-state index contributed by atoms with van der Waals surface area (Å²) in [6, 6.07) is 0.